The summed E-state index contributed by atoms with van der Waals surface area (Å²) < 4.78 is 12.6. The topological polar surface area (TPSA) is 72.7 Å². The summed E-state index contributed by atoms with van der Waals surface area (Å²) in [5.41, 5.74) is 2.27. The SMILES string of the molecule is CN=C(NCCn1cc(C)cn1)NCc1ccc2c(c1)OCO2. The minimum atomic E-state index is 0.294. The molecule has 1 aromatic carbocycles. The lowest BCUT2D eigenvalue weighted by atomic mass is 10.2. The number of hydrogen-bond donors (Lipinski definition) is 2. The van der Waals surface area contributed by atoms with E-state index in [1.165, 1.54) is 0 Å². The van der Waals surface area contributed by atoms with E-state index in [-0.39, 0.29) is 0 Å². The smallest absolute Gasteiger partial charge is 0.231 e. The maximum absolute atomic E-state index is 5.38. The number of aliphatic imine (C=N–C) groups is 1. The molecular weight excluding hydrogens is 294 g/mol. The molecular formula is C16H21N5O2. The van der Waals surface area contributed by atoms with Crippen molar-refractivity contribution >= 4 is 5.96 Å². The minimum absolute atomic E-state index is 0.294. The van der Waals surface area contributed by atoms with Gasteiger partial charge >= 0.3 is 0 Å². The monoisotopic (exact) mass is 315 g/mol. The van der Waals surface area contributed by atoms with Crippen molar-refractivity contribution in [2.45, 2.75) is 20.0 Å². The Bertz CT molecular complexity index is 696. The van der Waals surface area contributed by atoms with E-state index < -0.39 is 0 Å². The molecule has 0 spiro atoms. The number of fused-ring (bicyclic) bond motifs is 1. The zero-order chi connectivity index (χ0) is 16.1. The third kappa shape index (κ3) is 3.94. The molecule has 0 atom stereocenters. The molecule has 0 saturated heterocycles. The van der Waals surface area contributed by atoms with Crippen LogP contribution in [0.2, 0.25) is 0 Å². The molecule has 0 bridgehead atoms. The third-order valence-electron chi connectivity index (χ3n) is 3.52. The van der Waals surface area contributed by atoms with Crippen LogP contribution in [-0.2, 0) is 13.1 Å². The number of nitrogens with zero attached hydrogens (tertiary/aromatic N) is 3. The number of rotatable bonds is 5. The fraction of sp³-hybridized carbons (Fsp3) is 0.375. The highest BCUT2D eigenvalue weighted by molar-refractivity contribution is 5.79. The predicted molar refractivity (Wildman–Crippen MR) is 87.7 cm³/mol. The molecule has 1 aliphatic rings. The van der Waals surface area contributed by atoms with Gasteiger partial charge in [-0.15, -0.1) is 0 Å². The number of aromatic nitrogens is 2. The molecule has 0 unspecified atom stereocenters. The van der Waals surface area contributed by atoms with Crippen LogP contribution in [0.1, 0.15) is 11.1 Å². The van der Waals surface area contributed by atoms with E-state index >= 15 is 0 Å². The van der Waals surface area contributed by atoms with Gasteiger partial charge in [-0.05, 0) is 30.2 Å². The van der Waals surface area contributed by atoms with Gasteiger partial charge < -0.3 is 20.1 Å². The van der Waals surface area contributed by atoms with Crippen molar-refractivity contribution in [3.05, 3.63) is 41.7 Å². The number of ether oxygens (including phenoxy) is 2. The summed E-state index contributed by atoms with van der Waals surface area (Å²) in [5, 5.41) is 10.8. The van der Waals surface area contributed by atoms with Crippen molar-refractivity contribution in [1.82, 2.24) is 20.4 Å². The zero-order valence-corrected chi connectivity index (χ0v) is 13.4. The van der Waals surface area contributed by atoms with Crippen molar-refractivity contribution in [2.24, 2.45) is 4.99 Å². The maximum atomic E-state index is 5.38. The van der Waals surface area contributed by atoms with E-state index in [0.29, 0.717) is 13.3 Å². The van der Waals surface area contributed by atoms with E-state index in [2.05, 4.69) is 20.7 Å². The van der Waals surface area contributed by atoms with Crippen LogP contribution in [0.15, 0.2) is 35.6 Å². The van der Waals surface area contributed by atoms with E-state index in [0.717, 1.165) is 41.7 Å². The normalized spacial score (nSPS) is 13.2. The highest BCUT2D eigenvalue weighted by Crippen LogP contribution is 2.32. The largest absolute Gasteiger partial charge is 0.454 e. The lowest BCUT2D eigenvalue weighted by Crippen LogP contribution is -2.38. The van der Waals surface area contributed by atoms with Crippen LogP contribution in [0.3, 0.4) is 0 Å². The first-order valence-electron chi connectivity index (χ1n) is 7.57. The lowest BCUT2D eigenvalue weighted by molar-refractivity contribution is 0.174. The van der Waals surface area contributed by atoms with E-state index in [9.17, 15) is 0 Å². The van der Waals surface area contributed by atoms with E-state index in [4.69, 9.17) is 9.47 Å². The second-order valence-corrected chi connectivity index (χ2v) is 5.32. The Labute approximate surface area is 135 Å². The molecule has 122 valence electrons. The molecule has 23 heavy (non-hydrogen) atoms. The van der Waals surface area contributed by atoms with Crippen LogP contribution >= 0.6 is 0 Å². The quantitative estimate of drug-likeness (QED) is 0.642. The van der Waals surface area contributed by atoms with Gasteiger partial charge in [-0.2, -0.15) is 5.10 Å². The second kappa shape index (κ2) is 7.04. The summed E-state index contributed by atoms with van der Waals surface area (Å²) in [6.07, 6.45) is 3.87. The molecule has 0 aliphatic carbocycles. The van der Waals surface area contributed by atoms with Crippen LogP contribution < -0.4 is 20.1 Å². The van der Waals surface area contributed by atoms with Crippen molar-refractivity contribution < 1.29 is 9.47 Å². The van der Waals surface area contributed by atoms with Crippen molar-refractivity contribution in [3.8, 4) is 11.5 Å². The average Bonchev–Trinajstić information content (AvgIpc) is 3.18. The van der Waals surface area contributed by atoms with Crippen molar-refractivity contribution in [2.75, 3.05) is 20.4 Å². The molecule has 2 heterocycles. The molecule has 1 aliphatic heterocycles. The summed E-state index contributed by atoms with van der Waals surface area (Å²) in [5.74, 6) is 2.35. The van der Waals surface area contributed by atoms with E-state index in [1.54, 1.807) is 7.05 Å². The van der Waals surface area contributed by atoms with Gasteiger partial charge in [-0.25, -0.2) is 0 Å². The Balaban J connectivity index is 1.46. The van der Waals surface area contributed by atoms with Crippen LogP contribution in [0, 0.1) is 6.92 Å². The van der Waals surface area contributed by atoms with E-state index in [1.807, 2.05) is 42.2 Å². The standard InChI is InChI=1S/C16H21N5O2/c1-12-8-20-21(10-12)6-5-18-16(17-2)19-9-13-3-4-14-15(7-13)23-11-22-14/h3-4,7-8,10H,5-6,9,11H2,1-2H3,(H2,17,18,19). The Morgan fingerprint density at radius 1 is 1.30 bits per heavy atom. The van der Waals surface area contributed by atoms with Crippen molar-refractivity contribution in [3.63, 3.8) is 0 Å². The van der Waals surface area contributed by atoms with Gasteiger partial charge in [0.2, 0.25) is 6.79 Å². The Morgan fingerprint density at radius 2 is 2.17 bits per heavy atom. The summed E-state index contributed by atoms with van der Waals surface area (Å²) in [6, 6.07) is 5.92. The molecule has 2 aromatic rings. The highest BCUT2D eigenvalue weighted by Gasteiger charge is 2.13. The lowest BCUT2D eigenvalue weighted by Gasteiger charge is -2.12. The number of benzene rings is 1. The second-order valence-electron chi connectivity index (χ2n) is 5.32. The first-order valence-corrected chi connectivity index (χ1v) is 7.57. The van der Waals surface area contributed by atoms with Gasteiger partial charge in [0.25, 0.3) is 0 Å². The molecule has 3 rings (SSSR count). The average molecular weight is 315 g/mol. The molecule has 1 aromatic heterocycles. The van der Waals surface area contributed by atoms with Gasteiger partial charge in [0, 0.05) is 26.3 Å². The number of nitrogens with one attached hydrogen (secondary N) is 2. The van der Waals surface area contributed by atoms with Gasteiger partial charge in [0.05, 0.1) is 12.7 Å². The fourth-order valence-electron chi connectivity index (χ4n) is 2.34. The zero-order valence-electron chi connectivity index (χ0n) is 13.4. The van der Waals surface area contributed by atoms with Crippen LogP contribution in [-0.4, -0.2) is 36.1 Å². The fourth-order valence-corrected chi connectivity index (χ4v) is 2.34. The molecule has 0 radical (unpaired) electrons. The van der Waals surface area contributed by atoms with Crippen molar-refractivity contribution in [1.29, 1.82) is 0 Å². The summed E-state index contributed by atoms with van der Waals surface area (Å²) in [7, 11) is 1.76. The molecule has 0 saturated carbocycles. The molecule has 0 fully saturated rings. The van der Waals surface area contributed by atoms with Gasteiger partial charge in [0.1, 0.15) is 0 Å². The Hall–Kier alpha value is -2.70. The Kier molecular flexibility index (Phi) is 4.65. The van der Waals surface area contributed by atoms with Gasteiger partial charge in [-0.3, -0.25) is 9.67 Å². The number of guanidine groups is 1. The summed E-state index contributed by atoms with van der Waals surface area (Å²) in [4.78, 5) is 4.22. The summed E-state index contributed by atoms with van der Waals surface area (Å²) in [6.45, 7) is 4.53. The molecule has 7 heteroatoms. The summed E-state index contributed by atoms with van der Waals surface area (Å²) >= 11 is 0. The number of aryl methyl sites for hydroxylation is 1. The molecule has 2 N–H and O–H groups in total. The van der Waals surface area contributed by atoms with Crippen LogP contribution in [0.4, 0.5) is 0 Å². The number of hydrogen-bond acceptors (Lipinski definition) is 4. The molecule has 0 amide bonds. The predicted octanol–water partition coefficient (Wildman–Crippen LogP) is 1.29. The van der Waals surface area contributed by atoms with Gasteiger partial charge in [0.15, 0.2) is 17.5 Å². The molecule has 7 nitrogen and oxygen atoms in total. The van der Waals surface area contributed by atoms with Gasteiger partial charge in [-0.1, -0.05) is 6.07 Å². The minimum Gasteiger partial charge on any atom is -0.454 e. The maximum Gasteiger partial charge on any atom is 0.231 e. The first-order chi connectivity index (χ1) is 11.2. The first kappa shape index (κ1) is 15.2. The third-order valence-corrected chi connectivity index (χ3v) is 3.52. The van der Waals surface area contributed by atoms with Crippen LogP contribution in [0.25, 0.3) is 0 Å². The van der Waals surface area contributed by atoms with Crippen LogP contribution in [0.5, 0.6) is 11.5 Å². The Morgan fingerprint density at radius 3 is 2.96 bits per heavy atom. The highest BCUT2D eigenvalue weighted by atomic mass is 16.7.